The Hall–Kier alpha value is -2.46. The Balaban J connectivity index is 1.53. The Labute approximate surface area is 154 Å². The number of anilines is 1. The summed E-state index contributed by atoms with van der Waals surface area (Å²) in [5.41, 5.74) is 3.92. The molecule has 1 aliphatic heterocycles. The van der Waals surface area contributed by atoms with Crippen molar-refractivity contribution in [2.45, 2.75) is 45.2 Å². The van der Waals surface area contributed by atoms with Crippen LogP contribution in [-0.2, 0) is 11.3 Å². The molecule has 0 aromatic heterocycles. The topological polar surface area (TPSA) is 41.8 Å². The van der Waals surface area contributed by atoms with Crippen LogP contribution < -0.4 is 9.80 Å². The molecule has 1 heterocycles. The van der Waals surface area contributed by atoms with Crippen LogP contribution in [0.25, 0.3) is 0 Å². The summed E-state index contributed by atoms with van der Waals surface area (Å²) in [6.07, 6.45) is 2.38. The summed E-state index contributed by atoms with van der Waals surface area (Å²) < 4.78 is 0. The van der Waals surface area contributed by atoms with Crippen molar-refractivity contribution in [1.82, 2.24) is 0 Å². The number of hydrogen-bond acceptors (Lipinski definition) is 2. The lowest BCUT2D eigenvalue weighted by molar-refractivity contribution is -0.923. The molecule has 1 amide bonds. The largest absolute Gasteiger partial charge is 0.311 e. The fraction of sp³-hybridized carbons (Fsp3) is 0.364. The lowest BCUT2D eigenvalue weighted by Crippen LogP contribution is -3.13. The van der Waals surface area contributed by atoms with Gasteiger partial charge in [0.1, 0.15) is 6.54 Å². The molecule has 4 heteroatoms. The van der Waals surface area contributed by atoms with E-state index in [4.69, 9.17) is 0 Å². The van der Waals surface area contributed by atoms with Gasteiger partial charge >= 0.3 is 5.91 Å². The van der Waals surface area contributed by atoms with Gasteiger partial charge < -0.3 is 4.90 Å². The van der Waals surface area contributed by atoms with Gasteiger partial charge in [-0.05, 0) is 23.6 Å². The molecule has 1 atom stereocenters. The summed E-state index contributed by atoms with van der Waals surface area (Å²) in [7, 11) is 0. The van der Waals surface area contributed by atoms with Crippen LogP contribution in [0.4, 0.5) is 5.69 Å². The van der Waals surface area contributed by atoms with Gasteiger partial charge in [0, 0.05) is 18.4 Å². The highest BCUT2D eigenvalue weighted by Crippen LogP contribution is 2.28. The molecule has 1 saturated carbocycles. The van der Waals surface area contributed by atoms with Crippen molar-refractivity contribution in [2.75, 3.05) is 11.6 Å². The first kappa shape index (κ1) is 17.0. The number of carbonyl (C=O) groups is 2. The summed E-state index contributed by atoms with van der Waals surface area (Å²) in [5.74, 6) is -0.239. The molecule has 2 aliphatic rings. The standard InChI is InChI=1S/C22H24N2O2/c1-15(2)17-9-7-16(8-10-17)13-23(18-11-12-18)14-24-20-6-4-3-5-19(20)21(25)22(24)26/h3-10,15,18H,11-14H2,1-2H3/p+1. The fourth-order valence-electron chi connectivity index (χ4n) is 3.71. The maximum Gasteiger partial charge on any atom is 0.303 e. The minimum atomic E-state index is -0.389. The molecule has 1 fully saturated rings. The molecule has 2 aromatic carbocycles. The van der Waals surface area contributed by atoms with E-state index >= 15 is 0 Å². The van der Waals surface area contributed by atoms with Gasteiger partial charge in [-0.15, -0.1) is 0 Å². The highest BCUT2D eigenvalue weighted by atomic mass is 16.2. The lowest BCUT2D eigenvalue weighted by atomic mass is 10.0. The van der Waals surface area contributed by atoms with Crippen LogP contribution in [0, 0.1) is 0 Å². The number of rotatable bonds is 6. The van der Waals surface area contributed by atoms with E-state index in [1.807, 2.05) is 18.2 Å². The fourth-order valence-corrected chi connectivity index (χ4v) is 3.71. The van der Waals surface area contributed by atoms with Crippen molar-refractivity contribution < 1.29 is 14.5 Å². The molecule has 2 aromatic rings. The maximum atomic E-state index is 12.5. The van der Waals surface area contributed by atoms with Gasteiger partial charge in [-0.25, -0.2) is 0 Å². The quantitative estimate of drug-likeness (QED) is 0.815. The number of fused-ring (bicyclic) bond motifs is 1. The summed E-state index contributed by atoms with van der Waals surface area (Å²) >= 11 is 0. The van der Waals surface area contributed by atoms with Gasteiger partial charge in [-0.1, -0.05) is 50.2 Å². The average Bonchev–Trinajstić information content (AvgIpc) is 3.46. The predicted molar refractivity (Wildman–Crippen MR) is 101 cm³/mol. The normalized spacial score (nSPS) is 17.7. The van der Waals surface area contributed by atoms with Crippen molar-refractivity contribution in [3.8, 4) is 0 Å². The van der Waals surface area contributed by atoms with Crippen molar-refractivity contribution in [3.63, 3.8) is 0 Å². The average molecular weight is 349 g/mol. The second-order valence-corrected chi connectivity index (χ2v) is 7.74. The van der Waals surface area contributed by atoms with Gasteiger partial charge in [-0.2, -0.15) is 0 Å². The van der Waals surface area contributed by atoms with Gasteiger partial charge in [0.2, 0.25) is 0 Å². The smallest absolute Gasteiger partial charge is 0.303 e. The van der Waals surface area contributed by atoms with E-state index in [0.717, 1.165) is 12.2 Å². The first-order chi connectivity index (χ1) is 12.5. The molecule has 0 saturated heterocycles. The first-order valence-electron chi connectivity index (χ1n) is 9.43. The van der Waals surface area contributed by atoms with E-state index in [1.54, 1.807) is 11.0 Å². The molecule has 26 heavy (non-hydrogen) atoms. The van der Waals surface area contributed by atoms with Gasteiger partial charge in [0.15, 0.2) is 6.67 Å². The number of hydrogen-bond donors (Lipinski definition) is 1. The Bertz CT molecular complexity index is 837. The monoisotopic (exact) mass is 349 g/mol. The Morgan fingerprint density at radius 1 is 1.04 bits per heavy atom. The summed E-state index contributed by atoms with van der Waals surface area (Å²) in [5, 5.41) is 0. The van der Waals surface area contributed by atoms with Gasteiger partial charge in [0.05, 0.1) is 17.3 Å². The lowest BCUT2D eigenvalue weighted by Gasteiger charge is -2.25. The second-order valence-electron chi connectivity index (χ2n) is 7.74. The third-order valence-corrected chi connectivity index (χ3v) is 5.47. The van der Waals surface area contributed by atoms with Gasteiger partial charge in [0.25, 0.3) is 5.78 Å². The molecule has 0 bridgehead atoms. The number of Topliss-reactive ketones (excluding diaryl/α,β-unsaturated/α-hetero) is 1. The zero-order valence-electron chi connectivity index (χ0n) is 15.4. The predicted octanol–water partition coefficient (Wildman–Crippen LogP) is 2.54. The Morgan fingerprint density at radius 2 is 1.73 bits per heavy atom. The van der Waals surface area contributed by atoms with Crippen molar-refractivity contribution >= 4 is 17.4 Å². The molecule has 1 N–H and O–H groups in total. The molecule has 4 nitrogen and oxygen atoms in total. The van der Waals surface area contributed by atoms with Crippen molar-refractivity contribution in [3.05, 3.63) is 65.2 Å². The first-order valence-corrected chi connectivity index (χ1v) is 9.43. The zero-order valence-corrected chi connectivity index (χ0v) is 15.4. The number of ketones is 1. The number of para-hydroxylation sites is 1. The third kappa shape index (κ3) is 3.17. The molecule has 0 spiro atoms. The molecular formula is C22H25N2O2+. The van der Waals surface area contributed by atoms with E-state index in [1.165, 1.54) is 28.9 Å². The highest BCUT2D eigenvalue weighted by Gasteiger charge is 2.41. The van der Waals surface area contributed by atoms with Crippen LogP contribution >= 0.6 is 0 Å². The van der Waals surface area contributed by atoms with E-state index in [2.05, 4.69) is 38.1 Å². The van der Waals surface area contributed by atoms with E-state index in [-0.39, 0.29) is 11.7 Å². The SMILES string of the molecule is CC(C)c1ccc(C[NH+](CN2C(=O)C(=O)c3ccccc32)C2CC2)cc1. The Morgan fingerprint density at radius 3 is 2.38 bits per heavy atom. The number of nitrogens with one attached hydrogen (secondary N) is 1. The molecular weight excluding hydrogens is 324 g/mol. The third-order valence-electron chi connectivity index (χ3n) is 5.47. The van der Waals surface area contributed by atoms with Crippen molar-refractivity contribution in [2.24, 2.45) is 0 Å². The molecule has 0 radical (unpaired) electrons. The van der Waals surface area contributed by atoms with Gasteiger partial charge in [-0.3, -0.25) is 14.5 Å². The van der Waals surface area contributed by atoms with Crippen LogP contribution in [0.2, 0.25) is 0 Å². The number of carbonyl (C=O) groups excluding carboxylic acids is 2. The van der Waals surface area contributed by atoms with E-state index < -0.39 is 0 Å². The molecule has 1 unspecified atom stereocenters. The number of nitrogens with zero attached hydrogens (tertiary/aromatic N) is 1. The molecule has 1 aliphatic carbocycles. The van der Waals surface area contributed by atoms with Crippen molar-refractivity contribution in [1.29, 1.82) is 0 Å². The highest BCUT2D eigenvalue weighted by molar-refractivity contribution is 6.52. The minimum Gasteiger partial charge on any atom is -0.311 e. The number of quaternary nitrogens is 1. The zero-order chi connectivity index (χ0) is 18.3. The minimum absolute atomic E-state index is 0.378. The van der Waals surface area contributed by atoms with E-state index in [0.29, 0.717) is 24.2 Å². The summed E-state index contributed by atoms with van der Waals surface area (Å²) in [6, 6.07) is 16.7. The van der Waals surface area contributed by atoms with Crippen LogP contribution in [0.15, 0.2) is 48.5 Å². The number of benzene rings is 2. The van der Waals surface area contributed by atoms with Crippen LogP contribution in [-0.4, -0.2) is 24.4 Å². The maximum absolute atomic E-state index is 12.5. The second kappa shape index (κ2) is 6.69. The molecule has 4 rings (SSSR count). The van der Waals surface area contributed by atoms with E-state index in [9.17, 15) is 9.59 Å². The summed E-state index contributed by atoms with van der Waals surface area (Å²) in [6.45, 7) is 5.83. The van der Waals surface area contributed by atoms with Crippen LogP contribution in [0.1, 0.15) is 54.1 Å². The summed E-state index contributed by atoms with van der Waals surface area (Å²) in [4.78, 5) is 27.7. The molecule has 134 valence electrons. The number of amides is 1. The van der Waals surface area contributed by atoms with Crippen LogP contribution in [0.5, 0.6) is 0 Å². The van der Waals surface area contributed by atoms with Crippen LogP contribution in [0.3, 0.4) is 0 Å². The Kier molecular flexibility index (Phi) is 4.37.